The van der Waals surface area contributed by atoms with Gasteiger partial charge < -0.3 is 5.43 Å². The number of hydrogen-bond acceptors (Lipinski definition) is 4. The topological polar surface area (TPSA) is 63.8 Å². The second-order valence-corrected chi connectivity index (χ2v) is 4.69. The van der Waals surface area contributed by atoms with E-state index in [0.29, 0.717) is 5.92 Å². The average molecular weight is 240 g/mol. The van der Waals surface area contributed by atoms with Crippen molar-refractivity contribution in [3.63, 3.8) is 0 Å². The highest BCUT2D eigenvalue weighted by Crippen LogP contribution is 2.40. The van der Waals surface area contributed by atoms with E-state index in [1.807, 2.05) is 25.1 Å². The number of nitrogens with two attached hydrogens (primary N) is 1. The van der Waals surface area contributed by atoms with Crippen molar-refractivity contribution in [1.29, 1.82) is 0 Å². The van der Waals surface area contributed by atoms with Gasteiger partial charge in [-0.1, -0.05) is 30.3 Å². The average Bonchev–Trinajstić information content (AvgIpc) is 3.24. The monoisotopic (exact) mass is 240 g/mol. The minimum Gasteiger partial charge on any atom is -0.308 e. The van der Waals surface area contributed by atoms with E-state index in [1.165, 1.54) is 12.8 Å². The van der Waals surface area contributed by atoms with E-state index in [2.05, 4.69) is 22.5 Å². The van der Waals surface area contributed by atoms with Crippen LogP contribution in [0, 0.1) is 6.92 Å². The predicted molar refractivity (Wildman–Crippen MR) is 72.0 cm³/mol. The Morgan fingerprint density at radius 1 is 1.17 bits per heavy atom. The molecule has 1 aromatic heterocycles. The molecule has 0 bridgehead atoms. The maximum atomic E-state index is 5.55. The van der Waals surface area contributed by atoms with Gasteiger partial charge in [-0.05, 0) is 19.8 Å². The molecule has 1 heterocycles. The number of nitrogen functional groups attached to an aromatic ring is 1. The molecule has 0 aliphatic heterocycles. The number of nitrogens with zero attached hydrogens (tertiary/aromatic N) is 2. The van der Waals surface area contributed by atoms with Crippen molar-refractivity contribution in [2.45, 2.75) is 25.7 Å². The molecule has 3 rings (SSSR count). The fraction of sp³-hybridized carbons (Fsp3) is 0.286. The fourth-order valence-electron chi connectivity index (χ4n) is 2.08. The van der Waals surface area contributed by atoms with Crippen LogP contribution in [0.25, 0.3) is 11.3 Å². The number of rotatable bonds is 3. The van der Waals surface area contributed by atoms with Crippen LogP contribution in [0.15, 0.2) is 30.3 Å². The maximum absolute atomic E-state index is 5.55. The van der Waals surface area contributed by atoms with Crippen molar-refractivity contribution >= 4 is 5.82 Å². The summed E-state index contributed by atoms with van der Waals surface area (Å²) in [7, 11) is 0. The smallest absolute Gasteiger partial charge is 0.147 e. The van der Waals surface area contributed by atoms with Crippen LogP contribution in [0.2, 0.25) is 0 Å². The van der Waals surface area contributed by atoms with Gasteiger partial charge in [0.1, 0.15) is 11.6 Å². The Hall–Kier alpha value is -1.94. The molecule has 1 aliphatic carbocycles. The molecule has 3 N–H and O–H groups in total. The number of hydrogen-bond donors (Lipinski definition) is 2. The molecule has 0 radical (unpaired) electrons. The fourth-order valence-corrected chi connectivity index (χ4v) is 2.08. The molecular weight excluding hydrogens is 224 g/mol. The molecule has 1 aliphatic rings. The first kappa shape index (κ1) is 11.2. The largest absolute Gasteiger partial charge is 0.308 e. The van der Waals surface area contributed by atoms with Crippen LogP contribution in [-0.4, -0.2) is 9.97 Å². The predicted octanol–water partition coefficient (Wildman–Crippen LogP) is 2.62. The van der Waals surface area contributed by atoms with Gasteiger partial charge in [-0.15, -0.1) is 0 Å². The highest BCUT2D eigenvalue weighted by atomic mass is 15.3. The highest BCUT2D eigenvalue weighted by molar-refractivity contribution is 5.68. The minimum atomic E-state index is 0.514. The molecule has 0 spiro atoms. The lowest BCUT2D eigenvalue weighted by Gasteiger charge is -2.11. The molecule has 1 saturated carbocycles. The van der Waals surface area contributed by atoms with Crippen LogP contribution >= 0.6 is 0 Å². The van der Waals surface area contributed by atoms with E-state index in [0.717, 1.165) is 28.5 Å². The first-order valence-corrected chi connectivity index (χ1v) is 6.20. The summed E-state index contributed by atoms with van der Waals surface area (Å²) >= 11 is 0. The first-order chi connectivity index (χ1) is 8.79. The van der Waals surface area contributed by atoms with E-state index in [4.69, 9.17) is 10.8 Å². The van der Waals surface area contributed by atoms with Gasteiger partial charge in [0, 0.05) is 17.0 Å². The quantitative estimate of drug-likeness (QED) is 0.639. The Kier molecular flexibility index (Phi) is 2.72. The van der Waals surface area contributed by atoms with Gasteiger partial charge in [0.25, 0.3) is 0 Å². The standard InChI is InChI=1S/C14H16N4/c1-9-12(10-5-3-2-4-6-10)16-14(11-7-8-11)17-13(9)18-15/h2-6,11H,7-8,15H2,1H3,(H,16,17,18). The number of aromatic nitrogens is 2. The van der Waals surface area contributed by atoms with Crippen molar-refractivity contribution < 1.29 is 0 Å². The third kappa shape index (κ3) is 1.95. The molecule has 0 amide bonds. The molecule has 0 atom stereocenters. The van der Waals surface area contributed by atoms with Crippen molar-refractivity contribution in [2.75, 3.05) is 5.43 Å². The molecule has 0 saturated heterocycles. The van der Waals surface area contributed by atoms with Crippen LogP contribution in [0.1, 0.15) is 30.1 Å². The molecule has 1 aromatic carbocycles. The summed E-state index contributed by atoms with van der Waals surface area (Å²) in [5.41, 5.74) is 5.75. The number of hydrazine groups is 1. The minimum absolute atomic E-state index is 0.514. The number of anilines is 1. The Morgan fingerprint density at radius 2 is 1.89 bits per heavy atom. The summed E-state index contributed by atoms with van der Waals surface area (Å²) in [6, 6.07) is 10.2. The third-order valence-corrected chi connectivity index (χ3v) is 3.29. The molecule has 18 heavy (non-hydrogen) atoms. The van der Waals surface area contributed by atoms with Crippen molar-refractivity contribution in [3.8, 4) is 11.3 Å². The molecule has 1 fully saturated rings. The highest BCUT2D eigenvalue weighted by Gasteiger charge is 2.28. The lowest BCUT2D eigenvalue weighted by Crippen LogP contribution is -2.13. The summed E-state index contributed by atoms with van der Waals surface area (Å²) in [5.74, 6) is 7.70. The van der Waals surface area contributed by atoms with Gasteiger partial charge >= 0.3 is 0 Å². The van der Waals surface area contributed by atoms with E-state index in [9.17, 15) is 0 Å². The molecule has 0 unspecified atom stereocenters. The molecule has 4 heteroatoms. The zero-order valence-electron chi connectivity index (χ0n) is 10.4. The second kappa shape index (κ2) is 4.38. The molecule has 92 valence electrons. The van der Waals surface area contributed by atoms with Gasteiger partial charge in [0.2, 0.25) is 0 Å². The van der Waals surface area contributed by atoms with Crippen LogP contribution in [0.3, 0.4) is 0 Å². The van der Waals surface area contributed by atoms with Gasteiger partial charge in [-0.3, -0.25) is 0 Å². The van der Waals surface area contributed by atoms with E-state index >= 15 is 0 Å². The summed E-state index contributed by atoms with van der Waals surface area (Å²) in [6.07, 6.45) is 2.36. The SMILES string of the molecule is Cc1c(NN)nc(C2CC2)nc1-c1ccccc1. The number of benzene rings is 1. The summed E-state index contributed by atoms with van der Waals surface area (Å²) < 4.78 is 0. The van der Waals surface area contributed by atoms with Crippen molar-refractivity contribution in [3.05, 3.63) is 41.7 Å². The van der Waals surface area contributed by atoms with E-state index in [1.54, 1.807) is 0 Å². The lowest BCUT2D eigenvalue weighted by atomic mass is 10.1. The van der Waals surface area contributed by atoms with Gasteiger partial charge in [-0.25, -0.2) is 15.8 Å². The molecular formula is C14H16N4. The normalized spacial score (nSPS) is 14.6. The first-order valence-electron chi connectivity index (χ1n) is 6.20. The Bertz CT molecular complexity index is 562. The Balaban J connectivity index is 2.15. The summed E-state index contributed by atoms with van der Waals surface area (Å²) in [6.45, 7) is 1.99. The number of nitrogens with one attached hydrogen (secondary N) is 1. The Morgan fingerprint density at radius 3 is 2.50 bits per heavy atom. The maximum Gasteiger partial charge on any atom is 0.147 e. The van der Waals surface area contributed by atoms with Gasteiger partial charge in [0.15, 0.2) is 0 Å². The van der Waals surface area contributed by atoms with Crippen LogP contribution in [0.5, 0.6) is 0 Å². The van der Waals surface area contributed by atoms with Crippen LogP contribution < -0.4 is 11.3 Å². The summed E-state index contributed by atoms with van der Waals surface area (Å²) in [4.78, 5) is 9.20. The zero-order valence-corrected chi connectivity index (χ0v) is 10.4. The van der Waals surface area contributed by atoms with E-state index in [-0.39, 0.29) is 0 Å². The molecule has 4 nitrogen and oxygen atoms in total. The third-order valence-electron chi connectivity index (χ3n) is 3.29. The summed E-state index contributed by atoms with van der Waals surface area (Å²) in [5, 5.41) is 0. The Labute approximate surface area is 106 Å². The molecule has 2 aromatic rings. The van der Waals surface area contributed by atoms with Crippen molar-refractivity contribution in [1.82, 2.24) is 9.97 Å². The van der Waals surface area contributed by atoms with Crippen LogP contribution in [0.4, 0.5) is 5.82 Å². The second-order valence-electron chi connectivity index (χ2n) is 4.69. The van der Waals surface area contributed by atoms with E-state index < -0.39 is 0 Å². The zero-order chi connectivity index (χ0) is 12.5. The van der Waals surface area contributed by atoms with Gasteiger partial charge in [-0.2, -0.15) is 0 Å². The van der Waals surface area contributed by atoms with Gasteiger partial charge in [0.05, 0.1) is 5.69 Å². The lowest BCUT2D eigenvalue weighted by molar-refractivity contribution is 0.920. The van der Waals surface area contributed by atoms with Crippen LogP contribution in [-0.2, 0) is 0 Å². The van der Waals surface area contributed by atoms with Crippen molar-refractivity contribution in [2.24, 2.45) is 5.84 Å².